The summed E-state index contributed by atoms with van der Waals surface area (Å²) >= 11 is 0. The lowest BCUT2D eigenvalue weighted by Crippen LogP contribution is -2.04. The van der Waals surface area contributed by atoms with Crippen LogP contribution >= 0.6 is 7.92 Å². The van der Waals surface area contributed by atoms with Gasteiger partial charge in [0, 0.05) is 0 Å². The average molecular weight is 316 g/mol. The van der Waals surface area contributed by atoms with Gasteiger partial charge in [0.15, 0.2) is 0 Å². The van der Waals surface area contributed by atoms with E-state index in [1.54, 1.807) is 0 Å². The number of benzene rings is 3. The third-order valence-electron chi connectivity index (χ3n) is 3.93. The Morgan fingerprint density at radius 2 is 1.13 bits per heavy atom. The van der Waals surface area contributed by atoms with Crippen LogP contribution in [-0.4, -0.2) is 0 Å². The van der Waals surface area contributed by atoms with Crippen LogP contribution < -0.4 is 5.30 Å². The second-order valence-electron chi connectivity index (χ2n) is 5.62. The van der Waals surface area contributed by atoms with E-state index in [0.717, 1.165) is 12.3 Å². The van der Waals surface area contributed by atoms with Gasteiger partial charge in [-0.05, 0) is 34.3 Å². The SMILES string of the molecule is C=Cc1ccc(P(Cc2ccccc2)Cc2ccccc2)cc1. The van der Waals surface area contributed by atoms with Crippen molar-refractivity contribution < 1.29 is 0 Å². The summed E-state index contributed by atoms with van der Waals surface area (Å²) in [5.74, 6) is 0. The zero-order valence-electron chi connectivity index (χ0n) is 13.2. The first-order valence-electron chi connectivity index (χ1n) is 7.90. The molecule has 0 saturated carbocycles. The molecule has 0 fully saturated rings. The molecule has 0 radical (unpaired) electrons. The monoisotopic (exact) mass is 316 g/mol. The number of rotatable bonds is 6. The molecular formula is C22H21P. The van der Waals surface area contributed by atoms with Gasteiger partial charge in [-0.15, -0.1) is 0 Å². The highest BCUT2D eigenvalue weighted by Crippen LogP contribution is 2.42. The summed E-state index contributed by atoms with van der Waals surface area (Å²) < 4.78 is 0. The van der Waals surface area contributed by atoms with E-state index in [1.165, 1.54) is 22.0 Å². The van der Waals surface area contributed by atoms with Crippen LogP contribution in [0.4, 0.5) is 0 Å². The van der Waals surface area contributed by atoms with E-state index in [4.69, 9.17) is 0 Å². The molecule has 114 valence electrons. The molecule has 3 aromatic carbocycles. The van der Waals surface area contributed by atoms with E-state index in [-0.39, 0.29) is 7.92 Å². The minimum Gasteiger partial charge on any atom is -0.0985 e. The summed E-state index contributed by atoms with van der Waals surface area (Å²) in [6.07, 6.45) is 4.15. The van der Waals surface area contributed by atoms with E-state index < -0.39 is 0 Å². The first kappa shape index (κ1) is 15.7. The predicted octanol–water partition coefficient (Wildman–Crippen LogP) is 5.84. The maximum atomic E-state index is 3.85. The van der Waals surface area contributed by atoms with E-state index in [9.17, 15) is 0 Å². The minimum atomic E-state index is -0.260. The molecule has 0 aliphatic rings. The second-order valence-corrected chi connectivity index (χ2v) is 7.85. The average Bonchev–Trinajstić information content (AvgIpc) is 2.63. The van der Waals surface area contributed by atoms with Crippen LogP contribution in [0.25, 0.3) is 6.08 Å². The molecule has 0 spiro atoms. The summed E-state index contributed by atoms with van der Waals surface area (Å²) in [4.78, 5) is 0. The van der Waals surface area contributed by atoms with Crippen LogP contribution in [0.3, 0.4) is 0 Å². The van der Waals surface area contributed by atoms with Crippen molar-refractivity contribution in [3.63, 3.8) is 0 Å². The lowest BCUT2D eigenvalue weighted by atomic mass is 10.2. The molecular weight excluding hydrogens is 295 g/mol. The summed E-state index contributed by atoms with van der Waals surface area (Å²) in [6.45, 7) is 3.85. The fourth-order valence-corrected chi connectivity index (χ4v) is 5.02. The van der Waals surface area contributed by atoms with Crippen LogP contribution in [0.2, 0.25) is 0 Å². The van der Waals surface area contributed by atoms with E-state index in [1.807, 2.05) is 6.08 Å². The summed E-state index contributed by atoms with van der Waals surface area (Å²) in [5, 5.41) is 1.46. The molecule has 0 nitrogen and oxygen atoms in total. The molecule has 0 aliphatic heterocycles. The second kappa shape index (κ2) is 7.90. The Kier molecular flexibility index (Phi) is 5.40. The fraction of sp³-hybridized carbons (Fsp3) is 0.0909. The van der Waals surface area contributed by atoms with Gasteiger partial charge in [-0.25, -0.2) is 0 Å². The first-order chi connectivity index (χ1) is 11.3. The fourth-order valence-electron chi connectivity index (χ4n) is 2.67. The van der Waals surface area contributed by atoms with Crippen molar-refractivity contribution in [2.24, 2.45) is 0 Å². The molecule has 0 aromatic heterocycles. The zero-order valence-corrected chi connectivity index (χ0v) is 14.1. The van der Waals surface area contributed by atoms with Crippen LogP contribution in [-0.2, 0) is 12.3 Å². The Labute approximate surface area is 140 Å². The summed E-state index contributed by atoms with van der Waals surface area (Å²) in [6, 6.07) is 30.5. The Bertz CT molecular complexity index is 688. The maximum absolute atomic E-state index is 3.85. The number of hydrogen-bond acceptors (Lipinski definition) is 0. The Morgan fingerprint density at radius 3 is 1.57 bits per heavy atom. The van der Waals surface area contributed by atoms with Gasteiger partial charge in [-0.1, -0.05) is 106 Å². The molecule has 0 atom stereocenters. The molecule has 0 amide bonds. The Morgan fingerprint density at radius 1 is 0.652 bits per heavy atom. The van der Waals surface area contributed by atoms with Crippen LogP contribution in [0.5, 0.6) is 0 Å². The normalized spacial score (nSPS) is 10.7. The molecule has 0 unspecified atom stereocenters. The third kappa shape index (κ3) is 4.41. The van der Waals surface area contributed by atoms with Gasteiger partial charge < -0.3 is 0 Å². The number of hydrogen-bond donors (Lipinski definition) is 0. The predicted molar refractivity (Wildman–Crippen MR) is 103 cm³/mol. The van der Waals surface area contributed by atoms with Crippen molar-refractivity contribution in [3.05, 3.63) is 108 Å². The van der Waals surface area contributed by atoms with Gasteiger partial charge >= 0.3 is 0 Å². The molecule has 0 heterocycles. The molecule has 3 rings (SSSR count). The van der Waals surface area contributed by atoms with Crippen LogP contribution in [0, 0.1) is 0 Å². The molecule has 0 aliphatic carbocycles. The van der Waals surface area contributed by atoms with Crippen LogP contribution in [0.15, 0.2) is 91.5 Å². The topological polar surface area (TPSA) is 0 Å². The Hall–Kier alpha value is -2.17. The zero-order chi connectivity index (χ0) is 15.9. The first-order valence-corrected chi connectivity index (χ1v) is 9.61. The van der Waals surface area contributed by atoms with Crippen molar-refractivity contribution >= 4 is 19.3 Å². The highest BCUT2D eigenvalue weighted by Gasteiger charge is 2.12. The molecule has 0 bridgehead atoms. The van der Waals surface area contributed by atoms with Crippen molar-refractivity contribution in [2.75, 3.05) is 0 Å². The molecule has 3 aromatic rings. The van der Waals surface area contributed by atoms with Gasteiger partial charge in [-0.3, -0.25) is 0 Å². The lowest BCUT2D eigenvalue weighted by molar-refractivity contribution is 1.33. The van der Waals surface area contributed by atoms with Gasteiger partial charge in [0.25, 0.3) is 0 Å². The van der Waals surface area contributed by atoms with Crippen LogP contribution in [0.1, 0.15) is 16.7 Å². The quantitative estimate of drug-likeness (QED) is 0.501. The van der Waals surface area contributed by atoms with Gasteiger partial charge in [0.1, 0.15) is 0 Å². The minimum absolute atomic E-state index is 0.260. The maximum Gasteiger partial charge on any atom is -0.00298 e. The Balaban J connectivity index is 1.86. The lowest BCUT2D eigenvalue weighted by Gasteiger charge is -2.19. The molecule has 23 heavy (non-hydrogen) atoms. The van der Waals surface area contributed by atoms with Gasteiger partial charge in [0.2, 0.25) is 0 Å². The highest BCUT2D eigenvalue weighted by atomic mass is 31.1. The summed E-state index contributed by atoms with van der Waals surface area (Å²) in [7, 11) is -0.260. The van der Waals surface area contributed by atoms with E-state index in [0.29, 0.717) is 0 Å². The standard InChI is InChI=1S/C22H21P/c1-2-19-13-15-22(16-14-19)23(17-20-9-5-3-6-10-20)18-21-11-7-4-8-12-21/h2-16H,1,17-18H2. The van der Waals surface area contributed by atoms with Crippen molar-refractivity contribution in [1.82, 2.24) is 0 Å². The van der Waals surface area contributed by atoms with Crippen molar-refractivity contribution in [1.29, 1.82) is 0 Å². The van der Waals surface area contributed by atoms with Crippen molar-refractivity contribution in [2.45, 2.75) is 12.3 Å². The van der Waals surface area contributed by atoms with Gasteiger partial charge in [-0.2, -0.15) is 0 Å². The molecule has 0 saturated heterocycles. The van der Waals surface area contributed by atoms with E-state index in [2.05, 4.69) is 91.5 Å². The third-order valence-corrected chi connectivity index (χ3v) is 6.45. The smallest absolute Gasteiger partial charge is 0.00298 e. The van der Waals surface area contributed by atoms with E-state index >= 15 is 0 Å². The van der Waals surface area contributed by atoms with Crippen molar-refractivity contribution in [3.8, 4) is 0 Å². The summed E-state index contributed by atoms with van der Waals surface area (Å²) in [5.41, 5.74) is 4.02. The molecule has 1 heteroatoms. The largest absolute Gasteiger partial charge is 0.0985 e. The molecule has 0 N–H and O–H groups in total. The van der Waals surface area contributed by atoms with Gasteiger partial charge in [0.05, 0.1) is 0 Å². The highest BCUT2D eigenvalue weighted by molar-refractivity contribution is 7.64.